The Hall–Kier alpha value is -4.27. The number of carbonyl (C=O) groups excluding carboxylic acids is 3. The number of hydrogen-bond acceptors (Lipinski definition) is 5. The van der Waals surface area contributed by atoms with E-state index in [0.29, 0.717) is 22.6 Å². The smallest absolute Gasteiger partial charge is 0.329 e. The Balaban J connectivity index is 1.50. The van der Waals surface area contributed by atoms with Gasteiger partial charge in [0, 0.05) is 28.4 Å². The van der Waals surface area contributed by atoms with Crippen LogP contribution in [0.5, 0.6) is 0 Å². The normalized spacial score (nSPS) is 13.4. The van der Waals surface area contributed by atoms with Crippen LogP contribution in [0.3, 0.4) is 0 Å². The van der Waals surface area contributed by atoms with Crippen LogP contribution in [0.1, 0.15) is 15.9 Å². The number of pyridine rings is 1. The highest BCUT2D eigenvalue weighted by Gasteiger charge is 2.27. The number of nitrogens with one attached hydrogen (secondary N) is 3. The minimum Gasteiger partial charge on any atom is -0.384 e. The Bertz CT molecular complexity index is 1170. The molecule has 9 nitrogen and oxygen atoms in total. The number of aromatic nitrogens is 1. The number of nitrogens with two attached hydrogens (primary N) is 1. The van der Waals surface area contributed by atoms with Crippen molar-refractivity contribution in [1.29, 1.82) is 5.41 Å². The third-order valence-electron chi connectivity index (χ3n) is 4.51. The Morgan fingerprint density at radius 1 is 1.07 bits per heavy atom. The number of urea groups is 1. The highest BCUT2D eigenvalue weighted by molar-refractivity contribution is 6.12. The standard InChI is InChI=1S/C20H16N6O3/c21-18(22)13-2-1-12-8-16(23-9-14(12)7-13)24-19(28)11-3-5-15(6-4-11)26-10-17(27)25-20(26)29/h1-9H,10H2,(H3,21,22)(H,23,24,28)(H,25,27,29). The van der Waals surface area contributed by atoms with E-state index in [-0.39, 0.29) is 24.2 Å². The first-order valence-electron chi connectivity index (χ1n) is 8.68. The first-order chi connectivity index (χ1) is 13.9. The Kier molecular flexibility index (Phi) is 4.40. The maximum absolute atomic E-state index is 12.5. The van der Waals surface area contributed by atoms with Gasteiger partial charge >= 0.3 is 6.03 Å². The largest absolute Gasteiger partial charge is 0.384 e. The summed E-state index contributed by atoms with van der Waals surface area (Å²) in [7, 11) is 0. The minimum absolute atomic E-state index is 0.0245. The van der Waals surface area contributed by atoms with Gasteiger partial charge in [0.05, 0.1) is 0 Å². The fraction of sp³-hybridized carbons (Fsp3) is 0.0500. The van der Waals surface area contributed by atoms with E-state index in [0.717, 1.165) is 10.8 Å². The molecule has 1 saturated heterocycles. The van der Waals surface area contributed by atoms with Gasteiger partial charge in [-0.05, 0) is 41.8 Å². The molecule has 0 radical (unpaired) electrons. The Morgan fingerprint density at radius 2 is 1.79 bits per heavy atom. The Morgan fingerprint density at radius 3 is 2.45 bits per heavy atom. The van der Waals surface area contributed by atoms with Crippen molar-refractivity contribution in [2.45, 2.75) is 0 Å². The lowest BCUT2D eigenvalue weighted by Gasteiger charge is -2.13. The molecule has 2 aromatic carbocycles. The number of anilines is 2. The number of hydrogen-bond donors (Lipinski definition) is 4. The van der Waals surface area contributed by atoms with E-state index >= 15 is 0 Å². The molecule has 1 aliphatic rings. The van der Waals surface area contributed by atoms with Crippen molar-refractivity contribution in [3.63, 3.8) is 0 Å². The summed E-state index contributed by atoms with van der Waals surface area (Å²) in [6.45, 7) is -0.0449. The molecule has 0 unspecified atom stereocenters. The van der Waals surface area contributed by atoms with Crippen LogP contribution >= 0.6 is 0 Å². The first-order valence-corrected chi connectivity index (χ1v) is 8.68. The van der Waals surface area contributed by atoms with Gasteiger partial charge in [-0.2, -0.15) is 0 Å². The van der Waals surface area contributed by atoms with Crippen molar-refractivity contribution in [3.8, 4) is 0 Å². The first kappa shape index (κ1) is 18.1. The molecule has 3 aromatic rings. The Labute approximate surface area is 165 Å². The van der Waals surface area contributed by atoms with Gasteiger partial charge in [0.2, 0.25) is 5.91 Å². The topological polar surface area (TPSA) is 141 Å². The molecule has 4 amide bonds. The van der Waals surface area contributed by atoms with Gasteiger partial charge in [-0.1, -0.05) is 12.1 Å². The quantitative estimate of drug-likeness (QED) is 0.306. The maximum atomic E-state index is 12.5. The predicted molar refractivity (Wildman–Crippen MR) is 108 cm³/mol. The second-order valence-corrected chi connectivity index (χ2v) is 6.49. The van der Waals surface area contributed by atoms with Crippen LogP contribution in [0.4, 0.5) is 16.3 Å². The zero-order valence-corrected chi connectivity index (χ0v) is 15.1. The molecular weight excluding hydrogens is 372 g/mol. The fourth-order valence-corrected chi connectivity index (χ4v) is 3.01. The highest BCUT2D eigenvalue weighted by atomic mass is 16.2. The molecule has 0 aliphatic carbocycles. The zero-order chi connectivity index (χ0) is 20.5. The van der Waals surface area contributed by atoms with Crippen molar-refractivity contribution in [1.82, 2.24) is 10.3 Å². The van der Waals surface area contributed by atoms with Crippen molar-refractivity contribution in [2.75, 3.05) is 16.8 Å². The lowest BCUT2D eigenvalue weighted by atomic mass is 10.1. The lowest BCUT2D eigenvalue weighted by Crippen LogP contribution is -2.27. The number of imide groups is 1. The SMILES string of the molecule is N=C(N)c1ccc2cc(NC(=O)c3ccc(N4CC(=O)NC4=O)cc3)ncc2c1. The number of carbonyl (C=O) groups is 3. The van der Waals surface area contributed by atoms with Gasteiger partial charge in [0.1, 0.15) is 18.2 Å². The third-order valence-corrected chi connectivity index (χ3v) is 4.51. The summed E-state index contributed by atoms with van der Waals surface area (Å²) >= 11 is 0. The summed E-state index contributed by atoms with van der Waals surface area (Å²) in [5.41, 5.74) is 7.00. The zero-order valence-electron chi connectivity index (χ0n) is 15.1. The summed E-state index contributed by atoms with van der Waals surface area (Å²) in [5.74, 6) is -0.365. The van der Waals surface area contributed by atoms with Crippen LogP contribution in [0.25, 0.3) is 10.8 Å². The number of benzene rings is 2. The van der Waals surface area contributed by atoms with Crippen molar-refractivity contribution in [3.05, 3.63) is 65.9 Å². The van der Waals surface area contributed by atoms with Crippen molar-refractivity contribution in [2.24, 2.45) is 5.73 Å². The van der Waals surface area contributed by atoms with Gasteiger partial charge < -0.3 is 11.1 Å². The molecule has 1 fully saturated rings. The van der Waals surface area contributed by atoms with E-state index in [1.165, 1.54) is 4.90 Å². The molecule has 0 spiro atoms. The summed E-state index contributed by atoms with van der Waals surface area (Å²) in [6.07, 6.45) is 1.60. The van der Waals surface area contributed by atoms with Gasteiger partial charge in [0.15, 0.2) is 0 Å². The third kappa shape index (κ3) is 3.61. The second-order valence-electron chi connectivity index (χ2n) is 6.49. The summed E-state index contributed by atoms with van der Waals surface area (Å²) < 4.78 is 0. The highest BCUT2D eigenvalue weighted by Crippen LogP contribution is 2.20. The number of nitrogen functional groups attached to an aromatic ring is 1. The summed E-state index contributed by atoms with van der Waals surface area (Å²) in [4.78, 5) is 41.0. The van der Waals surface area contributed by atoms with Gasteiger partial charge in [-0.15, -0.1) is 0 Å². The molecule has 5 N–H and O–H groups in total. The summed E-state index contributed by atoms with van der Waals surface area (Å²) in [6, 6.07) is 12.9. The molecule has 4 rings (SSSR count). The monoisotopic (exact) mass is 388 g/mol. The fourth-order valence-electron chi connectivity index (χ4n) is 3.01. The molecule has 0 bridgehead atoms. The van der Waals surface area contributed by atoms with E-state index < -0.39 is 6.03 Å². The molecule has 9 heteroatoms. The van der Waals surface area contributed by atoms with Gasteiger partial charge in [-0.25, -0.2) is 9.78 Å². The van der Waals surface area contributed by atoms with Crippen LogP contribution < -0.4 is 21.3 Å². The number of nitrogens with zero attached hydrogens (tertiary/aromatic N) is 2. The lowest BCUT2D eigenvalue weighted by molar-refractivity contribution is -0.117. The van der Waals surface area contributed by atoms with E-state index in [1.807, 2.05) is 0 Å². The number of fused-ring (bicyclic) bond motifs is 1. The molecule has 29 heavy (non-hydrogen) atoms. The molecule has 1 aliphatic heterocycles. The van der Waals surface area contributed by atoms with Crippen LogP contribution in [0, 0.1) is 5.41 Å². The molecule has 1 aromatic heterocycles. The molecule has 144 valence electrons. The van der Waals surface area contributed by atoms with E-state index in [4.69, 9.17) is 11.1 Å². The number of rotatable bonds is 4. The number of amidine groups is 1. The predicted octanol–water partition coefficient (Wildman–Crippen LogP) is 1.83. The van der Waals surface area contributed by atoms with E-state index in [1.54, 1.807) is 54.7 Å². The van der Waals surface area contributed by atoms with Crippen LogP contribution in [-0.2, 0) is 4.79 Å². The van der Waals surface area contributed by atoms with Crippen molar-refractivity contribution >= 4 is 46.0 Å². The maximum Gasteiger partial charge on any atom is 0.329 e. The van der Waals surface area contributed by atoms with Gasteiger partial charge in [-0.3, -0.25) is 25.2 Å². The molecule has 2 heterocycles. The minimum atomic E-state index is -0.486. The van der Waals surface area contributed by atoms with Crippen LogP contribution in [-0.4, -0.2) is 35.2 Å². The van der Waals surface area contributed by atoms with Crippen LogP contribution in [0.15, 0.2) is 54.7 Å². The molecule has 0 saturated carbocycles. The average Bonchev–Trinajstić information content (AvgIpc) is 3.05. The van der Waals surface area contributed by atoms with Crippen molar-refractivity contribution < 1.29 is 14.4 Å². The van der Waals surface area contributed by atoms with Gasteiger partial charge in [0.25, 0.3) is 5.91 Å². The summed E-state index contributed by atoms with van der Waals surface area (Å²) in [5, 5.41) is 14.1. The van der Waals surface area contributed by atoms with E-state index in [9.17, 15) is 14.4 Å². The number of amides is 4. The van der Waals surface area contributed by atoms with E-state index in [2.05, 4.69) is 15.6 Å². The second kappa shape index (κ2) is 7.04. The van der Waals surface area contributed by atoms with Crippen LogP contribution in [0.2, 0.25) is 0 Å². The molecule has 0 atom stereocenters. The average molecular weight is 388 g/mol. The molecular formula is C20H16N6O3.